The first-order valence-electron chi connectivity index (χ1n) is 5.05. The number of carbonyl (C=O) groups excluding carboxylic acids is 1. The Morgan fingerprint density at radius 2 is 1.89 bits per heavy atom. The SMILES string of the molecule is CCS(=O)(=O)[C@@](Br)(I)C(=O)c1ccc(OC)cc1. The molecule has 1 atom stereocenters. The number of alkyl halides is 2. The van der Waals surface area contributed by atoms with Gasteiger partial charge in [-0.3, -0.25) is 4.79 Å². The van der Waals surface area contributed by atoms with Crippen LogP contribution >= 0.6 is 38.5 Å². The lowest BCUT2D eigenvalue weighted by atomic mass is 10.1. The van der Waals surface area contributed by atoms with Crippen molar-refractivity contribution in [2.75, 3.05) is 12.9 Å². The highest BCUT2D eigenvalue weighted by Gasteiger charge is 2.45. The van der Waals surface area contributed by atoms with E-state index in [1.807, 2.05) is 0 Å². The van der Waals surface area contributed by atoms with Crippen molar-refractivity contribution in [3.05, 3.63) is 29.8 Å². The number of methoxy groups -OCH3 is 1. The zero-order valence-corrected chi connectivity index (χ0v) is 14.4. The standard InChI is InChI=1S/C11H12BrIO4S/c1-3-18(15,16)11(12,13)10(14)8-4-6-9(17-2)7-5-8/h4-7H,3H2,1-2H3/t11-/m0/s1. The maximum Gasteiger partial charge on any atom is 0.239 e. The third-order valence-electron chi connectivity index (χ3n) is 2.39. The molecule has 0 N–H and O–H groups in total. The summed E-state index contributed by atoms with van der Waals surface area (Å²) >= 11 is 4.63. The predicted octanol–water partition coefficient (Wildman–Crippen LogP) is 2.80. The Morgan fingerprint density at radius 1 is 1.39 bits per heavy atom. The van der Waals surface area contributed by atoms with Crippen LogP contribution in [0.3, 0.4) is 0 Å². The van der Waals surface area contributed by atoms with Gasteiger partial charge in [0.2, 0.25) is 7.45 Å². The summed E-state index contributed by atoms with van der Waals surface area (Å²) in [6, 6.07) is 6.32. The number of Topliss-reactive ketones (excluding diaryl/α,β-unsaturated/α-hetero) is 1. The molecule has 0 spiro atoms. The van der Waals surface area contributed by atoms with Gasteiger partial charge in [-0.1, -0.05) is 6.92 Å². The molecule has 100 valence electrons. The van der Waals surface area contributed by atoms with Crippen LogP contribution in [0.15, 0.2) is 24.3 Å². The molecule has 0 aliphatic heterocycles. The van der Waals surface area contributed by atoms with Crippen LogP contribution < -0.4 is 4.74 Å². The highest BCUT2D eigenvalue weighted by atomic mass is 127. The van der Waals surface area contributed by atoms with Gasteiger partial charge < -0.3 is 4.74 Å². The van der Waals surface area contributed by atoms with Crippen molar-refractivity contribution in [1.29, 1.82) is 0 Å². The number of halogens is 2. The number of rotatable bonds is 5. The maximum atomic E-state index is 12.2. The van der Waals surface area contributed by atoms with E-state index < -0.39 is 17.3 Å². The van der Waals surface area contributed by atoms with Gasteiger partial charge in [0.25, 0.3) is 0 Å². The van der Waals surface area contributed by atoms with E-state index in [1.165, 1.54) is 14.0 Å². The molecule has 0 aliphatic carbocycles. The molecule has 0 bridgehead atoms. The second-order valence-corrected chi connectivity index (χ2v) is 11.4. The highest BCUT2D eigenvalue weighted by molar-refractivity contribution is 14.1. The van der Waals surface area contributed by atoms with Crippen LogP contribution in [0.2, 0.25) is 0 Å². The second kappa shape index (κ2) is 5.87. The van der Waals surface area contributed by atoms with Crippen molar-refractivity contribution in [2.24, 2.45) is 0 Å². The first kappa shape index (κ1) is 15.9. The monoisotopic (exact) mass is 446 g/mol. The molecule has 1 rings (SSSR count). The molecule has 0 fully saturated rings. The van der Waals surface area contributed by atoms with Gasteiger partial charge in [0.05, 0.1) is 12.9 Å². The van der Waals surface area contributed by atoms with Crippen molar-refractivity contribution in [3.63, 3.8) is 0 Å². The lowest BCUT2D eigenvalue weighted by molar-refractivity contribution is 0.101. The number of hydrogen-bond donors (Lipinski definition) is 0. The van der Waals surface area contributed by atoms with Gasteiger partial charge >= 0.3 is 0 Å². The van der Waals surface area contributed by atoms with Crippen LogP contribution in [0.25, 0.3) is 0 Å². The van der Waals surface area contributed by atoms with Crippen LogP contribution in [-0.4, -0.2) is 28.7 Å². The summed E-state index contributed by atoms with van der Waals surface area (Å²) in [4.78, 5) is 12.2. The summed E-state index contributed by atoms with van der Waals surface area (Å²) in [5.74, 6) is 0.00874. The van der Waals surface area contributed by atoms with Crippen LogP contribution in [0.1, 0.15) is 17.3 Å². The van der Waals surface area contributed by atoms with E-state index in [4.69, 9.17) is 4.74 Å². The molecular formula is C11H12BrIO4S. The molecule has 0 aliphatic rings. The Bertz CT molecular complexity index is 537. The summed E-state index contributed by atoms with van der Waals surface area (Å²) in [6.07, 6.45) is 0. The third-order valence-corrected chi connectivity index (χ3v) is 8.46. The van der Waals surface area contributed by atoms with E-state index in [0.717, 1.165) is 0 Å². The number of benzene rings is 1. The minimum atomic E-state index is -3.54. The summed E-state index contributed by atoms with van der Waals surface area (Å²) in [5.41, 5.74) is 0.319. The van der Waals surface area contributed by atoms with E-state index >= 15 is 0 Å². The Hall–Kier alpha value is -0.150. The van der Waals surface area contributed by atoms with Gasteiger partial charge in [0.15, 0.2) is 9.84 Å². The van der Waals surface area contributed by atoms with Gasteiger partial charge in [-0.2, -0.15) is 0 Å². The fourth-order valence-electron chi connectivity index (χ4n) is 1.23. The molecule has 1 aromatic rings. The molecule has 4 nitrogen and oxygen atoms in total. The van der Waals surface area contributed by atoms with Crippen molar-refractivity contribution in [3.8, 4) is 5.75 Å². The normalized spacial score (nSPS) is 14.9. The second-order valence-electron chi connectivity index (χ2n) is 3.48. The molecule has 0 radical (unpaired) electrons. The van der Waals surface area contributed by atoms with Crippen molar-refractivity contribution in [2.45, 2.75) is 8.59 Å². The smallest absolute Gasteiger partial charge is 0.239 e. The largest absolute Gasteiger partial charge is 0.497 e. The Balaban J connectivity index is 3.14. The van der Waals surface area contributed by atoms with Gasteiger partial charge in [0, 0.05) is 5.56 Å². The van der Waals surface area contributed by atoms with E-state index in [1.54, 1.807) is 46.9 Å². The van der Waals surface area contributed by atoms with Crippen LogP contribution in [0.4, 0.5) is 0 Å². The first-order valence-corrected chi connectivity index (χ1v) is 8.57. The molecule has 0 saturated carbocycles. The minimum Gasteiger partial charge on any atom is -0.497 e. The van der Waals surface area contributed by atoms with Gasteiger partial charge in [0.1, 0.15) is 5.75 Å². The topological polar surface area (TPSA) is 60.4 Å². The molecule has 1 aromatic carbocycles. The fourth-order valence-corrected chi connectivity index (χ4v) is 4.16. The van der Waals surface area contributed by atoms with E-state index in [0.29, 0.717) is 11.3 Å². The Kier molecular flexibility index (Phi) is 5.19. The number of ether oxygens (including phenoxy) is 1. The quantitative estimate of drug-likeness (QED) is 0.396. The lowest BCUT2D eigenvalue weighted by Gasteiger charge is -2.18. The Labute approximate surface area is 128 Å². The zero-order chi connectivity index (χ0) is 14.0. The van der Waals surface area contributed by atoms with Gasteiger partial charge in [-0.15, -0.1) is 0 Å². The van der Waals surface area contributed by atoms with Crippen molar-refractivity contribution in [1.82, 2.24) is 0 Å². The molecule has 0 heterocycles. The molecule has 0 unspecified atom stereocenters. The fraction of sp³-hybridized carbons (Fsp3) is 0.364. The van der Waals surface area contributed by atoms with Crippen LogP contribution in [0.5, 0.6) is 5.75 Å². The van der Waals surface area contributed by atoms with Crippen molar-refractivity contribution < 1.29 is 17.9 Å². The average molecular weight is 447 g/mol. The maximum absolute atomic E-state index is 12.2. The summed E-state index contributed by atoms with van der Waals surface area (Å²) in [6.45, 7) is 1.51. The molecule has 0 amide bonds. The third kappa shape index (κ3) is 3.05. The number of hydrogen-bond acceptors (Lipinski definition) is 4. The number of carbonyl (C=O) groups is 1. The minimum absolute atomic E-state index is 0.108. The molecule has 0 saturated heterocycles. The Morgan fingerprint density at radius 3 is 2.28 bits per heavy atom. The summed E-state index contributed by atoms with van der Waals surface area (Å²) in [5, 5.41) is 0. The summed E-state index contributed by atoms with van der Waals surface area (Å²) < 4.78 is 27.1. The van der Waals surface area contributed by atoms with Crippen molar-refractivity contribution >= 4 is 54.1 Å². The lowest BCUT2D eigenvalue weighted by Crippen LogP contribution is -2.35. The highest BCUT2D eigenvalue weighted by Crippen LogP contribution is 2.37. The van der Waals surface area contributed by atoms with Crippen LogP contribution in [-0.2, 0) is 9.84 Å². The number of sulfone groups is 1. The number of ketones is 1. The molecule has 7 heteroatoms. The molecular weight excluding hydrogens is 435 g/mol. The molecule has 0 aromatic heterocycles. The van der Waals surface area contributed by atoms with E-state index in [2.05, 4.69) is 15.9 Å². The van der Waals surface area contributed by atoms with Gasteiger partial charge in [-0.05, 0) is 62.8 Å². The van der Waals surface area contributed by atoms with E-state index in [-0.39, 0.29) is 5.75 Å². The summed E-state index contributed by atoms with van der Waals surface area (Å²) in [7, 11) is -2.02. The first-order chi connectivity index (χ1) is 8.26. The van der Waals surface area contributed by atoms with Gasteiger partial charge in [-0.25, -0.2) is 8.42 Å². The van der Waals surface area contributed by atoms with Crippen LogP contribution in [0, 0.1) is 0 Å². The predicted molar refractivity (Wildman–Crippen MR) is 82.5 cm³/mol. The average Bonchev–Trinajstić information content (AvgIpc) is 2.37. The molecule has 18 heavy (non-hydrogen) atoms. The zero-order valence-electron chi connectivity index (χ0n) is 9.81. The van der Waals surface area contributed by atoms with E-state index in [9.17, 15) is 13.2 Å².